The first-order chi connectivity index (χ1) is 8.40. The first kappa shape index (κ1) is 14.8. The topological polar surface area (TPSA) is 72.2 Å². The molecule has 6 heteroatoms. The maximum Gasteiger partial charge on any atom is 0.220 e. The summed E-state index contributed by atoms with van der Waals surface area (Å²) >= 11 is 0. The largest absolute Gasteiger partial charge is 0.264 e. The molecule has 0 aliphatic carbocycles. The van der Waals surface area contributed by atoms with Gasteiger partial charge in [0, 0.05) is 4.92 Å². The van der Waals surface area contributed by atoms with E-state index in [-0.39, 0.29) is 17.4 Å². The van der Waals surface area contributed by atoms with E-state index in [2.05, 4.69) is 4.72 Å². The van der Waals surface area contributed by atoms with Crippen molar-refractivity contribution >= 4 is 11.0 Å². The molecule has 0 saturated carbocycles. The minimum Gasteiger partial charge on any atom is -0.264 e. The van der Waals surface area contributed by atoms with Gasteiger partial charge in [-0.3, -0.25) is 10.1 Å². The van der Waals surface area contributed by atoms with Gasteiger partial charge in [0.1, 0.15) is 11.0 Å². The molecular weight excluding hydrogens is 252 g/mol. The molecule has 0 heterocycles. The zero-order chi connectivity index (χ0) is 13.7. The standard InChI is InChI=1S/C12H18N2O3S/c1-9(2)12(8-14(15)16)13-18(17)11-6-4-10(3)5-7-11/h4-7,9,12-13H,8H2,1-3H3/t12-,18-/m0/s1. The van der Waals surface area contributed by atoms with Crippen LogP contribution in [0.15, 0.2) is 29.2 Å². The summed E-state index contributed by atoms with van der Waals surface area (Å²) in [5, 5.41) is 10.5. The fourth-order valence-corrected chi connectivity index (χ4v) is 2.55. The Morgan fingerprint density at radius 1 is 1.33 bits per heavy atom. The van der Waals surface area contributed by atoms with Gasteiger partial charge in [0.15, 0.2) is 0 Å². The van der Waals surface area contributed by atoms with Gasteiger partial charge in [0.05, 0.1) is 10.9 Å². The average molecular weight is 270 g/mol. The molecule has 18 heavy (non-hydrogen) atoms. The molecular formula is C12H18N2O3S. The minimum absolute atomic E-state index is 0.0461. The number of aryl methyl sites for hydroxylation is 1. The van der Waals surface area contributed by atoms with Gasteiger partial charge in [0.2, 0.25) is 6.54 Å². The second kappa shape index (κ2) is 6.61. The predicted octanol–water partition coefficient (Wildman–Crippen LogP) is 1.91. The third-order valence-electron chi connectivity index (χ3n) is 2.64. The molecule has 0 saturated heterocycles. The van der Waals surface area contributed by atoms with Gasteiger partial charge in [-0.2, -0.15) is 0 Å². The normalized spacial score (nSPS) is 14.4. The van der Waals surface area contributed by atoms with Crippen molar-refractivity contribution in [1.82, 2.24) is 4.72 Å². The lowest BCUT2D eigenvalue weighted by Crippen LogP contribution is -2.40. The van der Waals surface area contributed by atoms with Gasteiger partial charge in [0.25, 0.3) is 0 Å². The van der Waals surface area contributed by atoms with Crippen LogP contribution in [0.25, 0.3) is 0 Å². The fourth-order valence-electron chi connectivity index (χ4n) is 1.41. The van der Waals surface area contributed by atoms with Crippen LogP contribution < -0.4 is 4.72 Å². The van der Waals surface area contributed by atoms with Gasteiger partial charge in [-0.15, -0.1) is 0 Å². The number of hydrogen-bond donors (Lipinski definition) is 1. The lowest BCUT2D eigenvalue weighted by molar-refractivity contribution is -0.484. The molecule has 0 aliphatic heterocycles. The highest BCUT2D eigenvalue weighted by molar-refractivity contribution is 7.83. The molecule has 2 atom stereocenters. The number of rotatable bonds is 6. The Morgan fingerprint density at radius 2 is 1.89 bits per heavy atom. The third-order valence-corrected chi connectivity index (χ3v) is 3.86. The van der Waals surface area contributed by atoms with Crippen LogP contribution in [0.3, 0.4) is 0 Å². The van der Waals surface area contributed by atoms with E-state index in [1.54, 1.807) is 12.1 Å². The zero-order valence-electron chi connectivity index (χ0n) is 10.8. The molecule has 1 aromatic carbocycles. The van der Waals surface area contributed by atoms with Crippen LogP contribution in [0.5, 0.6) is 0 Å². The van der Waals surface area contributed by atoms with Crippen LogP contribution in [0.4, 0.5) is 0 Å². The van der Waals surface area contributed by atoms with Crippen molar-refractivity contribution in [1.29, 1.82) is 0 Å². The van der Waals surface area contributed by atoms with E-state index < -0.39 is 17.0 Å². The second-order valence-corrected chi connectivity index (χ2v) is 5.81. The lowest BCUT2D eigenvalue weighted by atomic mass is 10.1. The molecule has 0 radical (unpaired) electrons. The van der Waals surface area contributed by atoms with Crippen molar-refractivity contribution in [2.24, 2.45) is 5.92 Å². The number of nitrogens with zero attached hydrogens (tertiary/aromatic N) is 1. The Hall–Kier alpha value is -1.27. The molecule has 0 unspecified atom stereocenters. The predicted molar refractivity (Wildman–Crippen MR) is 71.2 cm³/mol. The smallest absolute Gasteiger partial charge is 0.220 e. The molecule has 0 amide bonds. The van der Waals surface area contributed by atoms with Crippen LogP contribution in [0.1, 0.15) is 19.4 Å². The Bertz CT molecular complexity index is 431. The van der Waals surface area contributed by atoms with Crippen LogP contribution in [-0.4, -0.2) is 21.7 Å². The van der Waals surface area contributed by atoms with Gasteiger partial charge in [-0.05, 0) is 25.0 Å². The van der Waals surface area contributed by atoms with Gasteiger partial charge in [-0.25, -0.2) is 8.93 Å². The summed E-state index contributed by atoms with van der Waals surface area (Å²) in [6.45, 7) is 5.46. The Labute approximate surface area is 109 Å². The van der Waals surface area contributed by atoms with Crippen LogP contribution in [0, 0.1) is 23.0 Å². The third kappa shape index (κ3) is 4.54. The average Bonchev–Trinajstić information content (AvgIpc) is 2.28. The highest BCUT2D eigenvalue weighted by atomic mass is 32.2. The van der Waals surface area contributed by atoms with E-state index in [4.69, 9.17) is 0 Å². The van der Waals surface area contributed by atoms with Crippen molar-refractivity contribution in [3.63, 3.8) is 0 Å². The summed E-state index contributed by atoms with van der Waals surface area (Å²) in [7, 11) is -1.41. The highest BCUT2D eigenvalue weighted by Gasteiger charge is 2.21. The van der Waals surface area contributed by atoms with Crippen LogP contribution in [-0.2, 0) is 11.0 Å². The summed E-state index contributed by atoms with van der Waals surface area (Å²) < 4.78 is 14.8. The SMILES string of the molecule is Cc1ccc([S@](=O)N[C@@H](C[N+](=O)[O-])C(C)C)cc1. The molecule has 0 aliphatic rings. The molecule has 1 rings (SSSR count). The van der Waals surface area contributed by atoms with Gasteiger partial charge in [-0.1, -0.05) is 31.5 Å². The van der Waals surface area contributed by atoms with Gasteiger partial charge >= 0.3 is 0 Å². The van der Waals surface area contributed by atoms with Crippen molar-refractivity contribution in [2.45, 2.75) is 31.7 Å². The molecule has 0 spiro atoms. The maximum absolute atomic E-state index is 12.0. The molecule has 100 valence electrons. The first-order valence-electron chi connectivity index (χ1n) is 5.76. The zero-order valence-corrected chi connectivity index (χ0v) is 11.6. The Kier molecular flexibility index (Phi) is 5.43. The van der Waals surface area contributed by atoms with Crippen molar-refractivity contribution in [2.75, 3.05) is 6.54 Å². The fraction of sp³-hybridized carbons (Fsp3) is 0.500. The van der Waals surface area contributed by atoms with E-state index in [1.165, 1.54) is 0 Å². The van der Waals surface area contributed by atoms with E-state index >= 15 is 0 Å². The number of benzene rings is 1. The minimum atomic E-state index is -1.41. The van der Waals surface area contributed by atoms with Crippen molar-refractivity contribution in [3.05, 3.63) is 39.9 Å². The second-order valence-electron chi connectivity index (χ2n) is 4.57. The molecule has 1 aromatic rings. The molecule has 0 aromatic heterocycles. The summed E-state index contributed by atoms with van der Waals surface area (Å²) in [6.07, 6.45) is 0. The summed E-state index contributed by atoms with van der Waals surface area (Å²) in [5.74, 6) is 0.0461. The van der Waals surface area contributed by atoms with Gasteiger partial charge < -0.3 is 0 Å². The molecule has 0 fully saturated rings. The quantitative estimate of drug-likeness (QED) is 0.634. The number of nitro groups is 1. The van der Waals surface area contributed by atoms with Crippen molar-refractivity contribution in [3.8, 4) is 0 Å². The number of hydrogen-bond acceptors (Lipinski definition) is 3. The highest BCUT2D eigenvalue weighted by Crippen LogP contribution is 2.10. The maximum atomic E-state index is 12.0. The Balaban J connectivity index is 2.72. The summed E-state index contributed by atoms with van der Waals surface area (Å²) in [6, 6.07) is 6.87. The van der Waals surface area contributed by atoms with E-state index in [1.807, 2.05) is 32.9 Å². The summed E-state index contributed by atoms with van der Waals surface area (Å²) in [4.78, 5) is 10.8. The Morgan fingerprint density at radius 3 is 2.33 bits per heavy atom. The van der Waals surface area contributed by atoms with E-state index in [9.17, 15) is 14.3 Å². The van der Waals surface area contributed by atoms with Crippen LogP contribution in [0.2, 0.25) is 0 Å². The van der Waals surface area contributed by atoms with Crippen molar-refractivity contribution < 1.29 is 9.13 Å². The molecule has 5 nitrogen and oxygen atoms in total. The molecule has 1 N–H and O–H groups in total. The monoisotopic (exact) mass is 270 g/mol. The number of nitrogens with one attached hydrogen (secondary N) is 1. The van der Waals surface area contributed by atoms with E-state index in [0.29, 0.717) is 4.90 Å². The molecule has 0 bridgehead atoms. The summed E-state index contributed by atoms with van der Waals surface area (Å²) in [5.41, 5.74) is 1.08. The van der Waals surface area contributed by atoms with E-state index in [0.717, 1.165) is 5.56 Å². The lowest BCUT2D eigenvalue weighted by Gasteiger charge is -2.17. The first-order valence-corrected chi connectivity index (χ1v) is 6.91. The van der Waals surface area contributed by atoms with Crippen LogP contribution >= 0.6 is 0 Å².